The first-order chi connectivity index (χ1) is 11.3. The summed E-state index contributed by atoms with van der Waals surface area (Å²) in [6.45, 7) is 1.02. The quantitative estimate of drug-likeness (QED) is 0.777. The van der Waals surface area contributed by atoms with Crippen molar-refractivity contribution in [2.45, 2.75) is 16.8 Å². The summed E-state index contributed by atoms with van der Waals surface area (Å²) in [5.41, 5.74) is 1.51. The minimum absolute atomic E-state index is 0.0264. The number of rotatable bonds is 2. The summed E-state index contributed by atoms with van der Waals surface area (Å²) in [7, 11) is 0. The molecule has 24 heavy (non-hydrogen) atoms. The SMILES string of the molecule is O=C(c1ccccc1)N1CCc2nc(NC(=O)C(Cl)(Cl)Cl)sc2C1. The highest BCUT2D eigenvalue weighted by atomic mass is 35.6. The molecule has 5 nitrogen and oxygen atoms in total. The third-order valence-corrected chi connectivity index (χ3v) is 5.03. The van der Waals surface area contributed by atoms with Crippen LogP contribution in [0.1, 0.15) is 20.9 Å². The van der Waals surface area contributed by atoms with E-state index in [-0.39, 0.29) is 5.91 Å². The maximum Gasteiger partial charge on any atom is 0.278 e. The lowest BCUT2D eigenvalue weighted by Gasteiger charge is -2.26. The minimum Gasteiger partial charge on any atom is -0.333 e. The molecule has 9 heteroatoms. The van der Waals surface area contributed by atoms with Gasteiger partial charge in [0.2, 0.25) is 0 Å². The van der Waals surface area contributed by atoms with Crippen LogP contribution in [-0.2, 0) is 17.8 Å². The van der Waals surface area contributed by atoms with E-state index < -0.39 is 9.70 Å². The molecule has 126 valence electrons. The highest BCUT2D eigenvalue weighted by molar-refractivity contribution is 7.16. The topological polar surface area (TPSA) is 62.3 Å². The van der Waals surface area contributed by atoms with Gasteiger partial charge in [-0.25, -0.2) is 4.98 Å². The number of nitrogens with one attached hydrogen (secondary N) is 1. The van der Waals surface area contributed by atoms with E-state index in [9.17, 15) is 9.59 Å². The molecular formula is C15H12Cl3N3O2S. The molecule has 2 aromatic rings. The fourth-order valence-corrected chi connectivity index (χ4v) is 3.51. The molecule has 1 aromatic carbocycles. The zero-order chi connectivity index (χ0) is 17.3. The van der Waals surface area contributed by atoms with Gasteiger partial charge in [-0.15, -0.1) is 0 Å². The van der Waals surface area contributed by atoms with Crippen molar-refractivity contribution in [3.63, 3.8) is 0 Å². The van der Waals surface area contributed by atoms with Crippen molar-refractivity contribution >= 4 is 63.1 Å². The highest BCUT2D eigenvalue weighted by Gasteiger charge is 2.32. The number of benzene rings is 1. The number of amides is 2. The lowest BCUT2D eigenvalue weighted by Crippen LogP contribution is -2.35. The van der Waals surface area contributed by atoms with Gasteiger partial charge in [0.05, 0.1) is 12.2 Å². The zero-order valence-corrected chi connectivity index (χ0v) is 15.3. The number of thiazole rings is 1. The van der Waals surface area contributed by atoms with Crippen LogP contribution in [0.25, 0.3) is 0 Å². The lowest BCUT2D eigenvalue weighted by molar-refractivity contribution is -0.115. The van der Waals surface area contributed by atoms with Gasteiger partial charge in [0.25, 0.3) is 15.6 Å². The molecule has 1 N–H and O–H groups in total. The van der Waals surface area contributed by atoms with E-state index in [1.807, 2.05) is 18.2 Å². The van der Waals surface area contributed by atoms with Gasteiger partial charge in [0.1, 0.15) is 0 Å². The van der Waals surface area contributed by atoms with E-state index in [4.69, 9.17) is 34.8 Å². The number of alkyl halides is 3. The molecule has 0 saturated carbocycles. The Hall–Kier alpha value is -1.34. The molecule has 3 rings (SSSR count). The van der Waals surface area contributed by atoms with Crippen molar-refractivity contribution in [1.82, 2.24) is 9.88 Å². The average Bonchev–Trinajstić information content (AvgIpc) is 2.95. The average molecular weight is 405 g/mol. The number of anilines is 1. The standard InChI is InChI=1S/C15H12Cl3N3O2S/c16-15(17,18)13(23)20-14-19-10-6-7-21(8-11(10)24-14)12(22)9-4-2-1-3-5-9/h1-5H,6-8H2,(H,19,20,23). The molecule has 0 atom stereocenters. The highest BCUT2D eigenvalue weighted by Crippen LogP contribution is 2.32. The third kappa shape index (κ3) is 3.83. The lowest BCUT2D eigenvalue weighted by atomic mass is 10.1. The molecule has 0 radical (unpaired) electrons. The van der Waals surface area contributed by atoms with Crippen molar-refractivity contribution in [1.29, 1.82) is 0 Å². The van der Waals surface area contributed by atoms with Crippen LogP contribution in [0.15, 0.2) is 30.3 Å². The van der Waals surface area contributed by atoms with Crippen molar-refractivity contribution in [3.05, 3.63) is 46.5 Å². The molecule has 0 aliphatic carbocycles. The Morgan fingerprint density at radius 2 is 1.92 bits per heavy atom. The van der Waals surface area contributed by atoms with Crippen molar-refractivity contribution in [2.75, 3.05) is 11.9 Å². The molecule has 0 spiro atoms. The second-order valence-electron chi connectivity index (χ2n) is 5.18. The van der Waals surface area contributed by atoms with Crippen molar-refractivity contribution < 1.29 is 9.59 Å². The summed E-state index contributed by atoms with van der Waals surface area (Å²) in [4.78, 5) is 31.2. The Kier molecular flexibility index (Phi) is 5.01. The molecule has 1 aliphatic rings. The van der Waals surface area contributed by atoms with Crippen LogP contribution >= 0.6 is 46.1 Å². The molecule has 0 saturated heterocycles. The van der Waals surface area contributed by atoms with Gasteiger partial charge in [0.15, 0.2) is 5.13 Å². The smallest absolute Gasteiger partial charge is 0.278 e. The van der Waals surface area contributed by atoms with E-state index in [1.165, 1.54) is 11.3 Å². The van der Waals surface area contributed by atoms with E-state index >= 15 is 0 Å². The number of halogens is 3. The summed E-state index contributed by atoms with van der Waals surface area (Å²) in [6.07, 6.45) is 0.619. The Morgan fingerprint density at radius 3 is 2.58 bits per heavy atom. The molecule has 0 unspecified atom stereocenters. The summed E-state index contributed by atoms with van der Waals surface area (Å²) in [5.74, 6) is -0.780. The first kappa shape index (κ1) is 17.5. The molecular weight excluding hydrogens is 393 g/mol. The van der Waals surface area contributed by atoms with Crippen LogP contribution in [0, 0.1) is 0 Å². The van der Waals surface area contributed by atoms with Gasteiger partial charge in [-0.1, -0.05) is 64.3 Å². The Balaban J connectivity index is 1.72. The van der Waals surface area contributed by atoms with Gasteiger partial charge in [0, 0.05) is 23.4 Å². The van der Waals surface area contributed by atoms with E-state index in [0.717, 1.165) is 10.6 Å². The molecule has 2 amide bonds. The second-order valence-corrected chi connectivity index (χ2v) is 8.55. The summed E-state index contributed by atoms with van der Waals surface area (Å²) >= 11 is 17.9. The van der Waals surface area contributed by atoms with Crippen LogP contribution in [0.4, 0.5) is 5.13 Å². The first-order valence-electron chi connectivity index (χ1n) is 7.05. The van der Waals surface area contributed by atoms with Crippen LogP contribution < -0.4 is 5.32 Å². The molecule has 2 heterocycles. The number of hydrogen-bond acceptors (Lipinski definition) is 4. The van der Waals surface area contributed by atoms with Gasteiger partial charge in [-0.2, -0.15) is 0 Å². The van der Waals surface area contributed by atoms with Gasteiger partial charge < -0.3 is 4.90 Å². The van der Waals surface area contributed by atoms with Crippen LogP contribution in [0.3, 0.4) is 0 Å². The third-order valence-electron chi connectivity index (χ3n) is 3.52. The van der Waals surface area contributed by atoms with E-state index in [0.29, 0.717) is 30.2 Å². The van der Waals surface area contributed by atoms with Crippen LogP contribution in [-0.4, -0.2) is 32.0 Å². The summed E-state index contributed by atoms with van der Waals surface area (Å²) < 4.78 is -2.04. The summed E-state index contributed by atoms with van der Waals surface area (Å²) in [6, 6.07) is 9.11. The molecule has 1 aromatic heterocycles. The van der Waals surface area contributed by atoms with Crippen LogP contribution in [0.5, 0.6) is 0 Å². The largest absolute Gasteiger partial charge is 0.333 e. The van der Waals surface area contributed by atoms with Gasteiger partial charge in [-0.3, -0.25) is 14.9 Å². The monoisotopic (exact) mass is 403 g/mol. The maximum absolute atomic E-state index is 12.5. The minimum atomic E-state index is -2.04. The van der Waals surface area contributed by atoms with E-state index in [1.54, 1.807) is 17.0 Å². The second kappa shape index (κ2) is 6.88. The molecule has 0 fully saturated rings. The molecule has 1 aliphatic heterocycles. The Morgan fingerprint density at radius 1 is 1.21 bits per heavy atom. The fraction of sp³-hybridized carbons (Fsp3) is 0.267. The van der Waals surface area contributed by atoms with Crippen LogP contribution in [0.2, 0.25) is 0 Å². The molecule has 0 bridgehead atoms. The Bertz CT molecular complexity index is 774. The first-order valence-corrected chi connectivity index (χ1v) is 9.00. The number of aromatic nitrogens is 1. The van der Waals surface area contributed by atoms with Gasteiger partial charge in [-0.05, 0) is 12.1 Å². The number of fused-ring (bicyclic) bond motifs is 1. The Labute approximate surface area is 157 Å². The number of nitrogens with zero attached hydrogens (tertiary/aromatic N) is 2. The maximum atomic E-state index is 12.5. The number of carbonyl (C=O) groups is 2. The number of hydrogen-bond donors (Lipinski definition) is 1. The fourth-order valence-electron chi connectivity index (χ4n) is 2.35. The van der Waals surface area contributed by atoms with E-state index in [2.05, 4.69) is 10.3 Å². The van der Waals surface area contributed by atoms with Gasteiger partial charge >= 0.3 is 0 Å². The predicted molar refractivity (Wildman–Crippen MR) is 95.9 cm³/mol. The normalized spacial score (nSPS) is 14.2. The predicted octanol–water partition coefficient (Wildman–Crippen LogP) is 3.65. The van der Waals surface area contributed by atoms with Crippen molar-refractivity contribution in [3.8, 4) is 0 Å². The number of carbonyl (C=O) groups excluding carboxylic acids is 2. The van der Waals surface area contributed by atoms with Crippen molar-refractivity contribution in [2.24, 2.45) is 0 Å². The summed E-state index contributed by atoms with van der Waals surface area (Å²) in [5, 5.41) is 2.85. The zero-order valence-electron chi connectivity index (χ0n) is 12.3.